The van der Waals surface area contributed by atoms with Crippen LogP contribution in [0.2, 0.25) is 0 Å². The summed E-state index contributed by atoms with van der Waals surface area (Å²) in [4.78, 5) is 12.5. The molecule has 0 saturated carbocycles. The quantitative estimate of drug-likeness (QED) is 0.485. The summed E-state index contributed by atoms with van der Waals surface area (Å²) in [6, 6.07) is 22.4. The maximum atomic E-state index is 12.5. The van der Waals surface area contributed by atoms with Crippen LogP contribution in [-0.4, -0.2) is 22.9 Å². The van der Waals surface area contributed by atoms with Crippen molar-refractivity contribution < 1.29 is 14.3 Å². The molecule has 0 saturated heterocycles. The van der Waals surface area contributed by atoms with E-state index in [0.29, 0.717) is 23.9 Å². The molecule has 4 rings (SSSR count). The molecule has 0 bridgehead atoms. The molecule has 152 valence electrons. The van der Waals surface area contributed by atoms with E-state index < -0.39 is 0 Å². The molecule has 0 aliphatic carbocycles. The van der Waals surface area contributed by atoms with Crippen molar-refractivity contribution in [3.8, 4) is 11.5 Å². The van der Waals surface area contributed by atoms with E-state index in [1.807, 2.05) is 67.7 Å². The minimum atomic E-state index is -0.390. The second kappa shape index (κ2) is 8.57. The lowest BCUT2D eigenvalue weighted by atomic mass is 10.2. The number of carbonyl (C=O) groups excluding carboxylic acids is 1. The van der Waals surface area contributed by atoms with Gasteiger partial charge in [-0.1, -0.05) is 36.4 Å². The fraction of sp³-hybridized carbons (Fsp3) is 0.130. The first kappa shape index (κ1) is 19.3. The third-order valence-electron chi connectivity index (χ3n) is 4.65. The number of methoxy groups -OCH3 is 1. The molecule has 0 spiro atoms. The first-order valence-electron chi connectivity index (χ1n) is 9.48. The maximum absolute atomic E-state index is 12.5. The molecular weight excluding hydrogens is 380 g/mol. The molecule has 7 heteroatoms. The first-order chi connectivity index (χ1) is 14.6. The van der Waals surface area contributed by atoms with Crippen LogP contribution in [0.5, 0.6) is 11.5 Å². The molecule has 1 heterocycles. The van der Waals surface area contributed by atoms with Crippen LogP contribution >= 0.6 is 0 Å². The van der Waals surface area contributed by atoms with Crippen molar-refractivity contribution in [2.75, 3.05) is 17.7 Å². The van der Waals surface area contributed by atoms with Gasteiger partial charge in [0.15, 0.2) is 5.82 Å². The number of ether oxygens (including phenoxy) is 2. The van der Waals surface area contributed by atoms with E-state index in [-0.39, 0.29) is 6.03 Å². The van der Waals surface area contributed by atoms with Gasteiger partial charge in [0.05, 0.1) is 18.0 Å². The molecule has 2 N–H and O–H groups in total. The molecule has 0 atom stereocenters. The molecule has 0 aliphatic heterocycles. The second-order valence-electron chi connectivity index (χ2n) is 6.70. The van der Waals surface area contributed by atoms with Crippen LogP contribution in [0.1, 0.15) is 5.56 Å². The zero-order valence-corrected chi connectivity index (χ0v) is 16.8. The van der Waals surface area contributed by atoms with Gasteiger partial charge in [0.2, 0.25) is 0 Å². The molecule has 0 unspecified atom stereocenters. The summed E-state index contributed by atoms with van der Waals surface area (Å²) in [7, 11) is 3.41. The van der Waals surface area contributed by atoms with Crippen LogP contribution in [-0.2, 0) is 13.7 Å². The Kier molecular flexibility index (Phi) is 5.52. The van der Waals surface area contributed by atoms with E-state index in [2.05, 4.69) is 15.7 Å². The number of amides is 2. The SMILES string of the molecule is COc1cccc2c1c(NC(=O)Nc1ccc(OCc3ccccc3)cc1)nn2C. The van der Waals surface area contributed by atoms with Gasteiger partial charge in [-0.15, -0.1) is 0 Å². The van der Waals surface area contributed by atoms with Gasteiger partial charge in [-0.2, -0.15) is 5.10 Å². The van der Waals surface area contributed by atoms with Crippen LogP contribution in [0.25, 0.3) is 10.9 Å². The average Bonchev–Trinajstić information content (AvgIpc) is 3.09. The number of anilines is 2. The van der Waals surface area contributed by atoms with Gasteiger partial charge in [-0.25, -0.2) is 4.79 Å². The van der Waals surface area contributed by atoms with Gasteiger partial charge >= 0.3 is 6.03 Å². The number of hydrogen-bond acceptors (Lipinski definition) is 4. The number of aromatic nitrogens is 2. The van der Waals surface area contributed by atoms with Gasteiger partial charge in [0, 0.05) is 12.7 Å². The molecule has 3 aromatic carbocycles. The van der Waals surface area contributed by atoms with Crippen molar-refractivity contribution in [2.24, 2.45) is 7.05 Å². The molecule has 1 aromatic heterocycles. The number of aryl methyl sites for hydroxylation is 1. The highest BCUT2D eigenvalue weighted by Crippen LogP contribution is 2.31. The van der Waals surface area contributed by atoms with E-state index in [4.69, 9.17) is 9.47 Å². The topological polar surface area (TPSA) is 77.4 Å². The fourth-order valence-corrected chi connectivity index (χ4v) is 3.18. The number of carbonyl (C=O) groups is 1. The van der Waals surface area contributed by atoms with Crippen LogP contribution in [0.4, 0.5) is 16.3 Å². The lowest BCUT2D eigenvalue weighted by Gasteiger charge is -2.09. The van der Waals surface area contributed by atoms with Crippen LogP contribution < -0.4 is 20.1 Å². The Morgan fingerprint density at radius 2 is 1.73 bits per heavy atom. The highest BCUT2D eigenvalue weighted by atomic mass is 16.5. The predicted molar refractivity (Wildman–Crippen MR) is 117 cm³/mol. The van der Waals surface area contributed by atoms with E-state index in [1.54, 1.807) is 23.9 Å². The smallest absolute Gasteiger partial charge is 0.324 e. The van der Waals surface area contributed by atoms with Crippen LogP contribution in [0.15, 0.2) is 72.8 Å². The number of fused-ring (bicyclic) bond motifs is 1. The van der Waals surface area contributed by atoms with E-state index in [1.165, 1.54) is 0 Å². The zero-order valence-electron chi connectivity index (χ0n) is 16.8. The van der Waals surface area contributed by atoms with Crippen molar-refractivity contribution >= 4 is 28.4 Å². The van der Waals surface area contributed by atoms with E-state index >= 15 is 0 Å². The van der Waals surface area contributed by atoms with Gasteiger partial charge in [-0.3, -0.25) is 10.00 Å². The Hall–Kier alpha value is -4.00. The van der Waals surface area contributed by atoms with Gasteiger partial charge < -0.3 is 14.8 Å². The summed E-state index contributed by atoms with van der Waals surface area (Å²) in [6.45, 7) is 0.489. The Bertz CT molecular complexity index is 1150. The molecule has 30 heavy (non-hydrogen) atoms. The third-order valence-corrected chi connectivity index (χ3v) is 4.65. The second-order valence-corrected chi connectivity index (χ2v) is 6.70. The number of benzene rings is 3. The average molecular weight is 402 g/mol. The van der Waals surface area contributed by atoms with E-state index in [9.17, 15) is 4.79 Å². The van der Waals surface area contributed by atoms with E-state index in [0.717, 1.165) is 22.2 Å². The van der Waals surface area contributed by atoms with Crippen molar-refractivity contribution in [2.45, 2.75) is 6.61 Å². The van der Waals surface area contributed by atoms with Gasteiger partial charge in [0.25, 0.3) is 0 Å². The summed E-state index contributed by atoms with van der Waals surface area (Å²) in [5.41, 5.74) is 2.61. The van der Waals surface area contributed by atoms with Crippen molar-refractivity contribution in [1.82, 2.24) is 9.78 Å². The Labute approximate surface area is 174 Å². The third kappa shape index (κ3) is 4.20. The number of urea groups is 1. The number of hydrogen-bond donors (Lipinski definition) is 2. The molecular formula is C23H22N4O3. The van der Waals surface area contributed by atoms with Crippen LogP contribution in [0, 0.1) is 0 Å². The van der Waals surface area contributed by atoms with Gasteiger partial charge in [-0.05, 0) is 42.0 Å². The van der Waals surface area contributed by atoms with Crippen LogP contribution in [0.3, 0.4) is 0 Å². The molecule has 2 amide bonds. The summed E-state index contributed by atoms with van der Waals surface area (Å²) in [5.74, 6) is 1.81. The Morgan fingerprint density at radius 3 is 2.47 bits per heavy atom. The van der Waals surface area contributed by atoms with Crippen molar-refractivity contribution in [3.63, 3.8) is 0 Å². The number of rotatable bonds is 6. The largest absolute Gasteiger partial charge is 0.496 e. The first-order valence-corrected chi connectivity index (χ1v) is 9.48. The minimum absolute atomic E-state index is 0.390. The monoisotopic (exact) mass is 402 g/mol. The highest BCUT2D eigenvalue weighted by molar-refractivity contribution is 6.06. The molecule has 0 fully saturated rings. The lowest BCUT2D eigenvalue weighted by Crippen LogP contribution is -2.20. The van der Waals surface area contributed by atoms with Crippen molar-refractivity contribution in [3.05, 3.63) is 78.4 Å². The van der Waals surface area contributed by atoms with Crippen molar-refractivity contribution in [1.29, 1.82) is 0 Å². The Morgan fingerprint density at radius 1 is 0.967 bits per heavy atom. The molecule has 4 aromatic rings. The normalized spacial score (nSPS) is 10.6. The maximum Gasteiger partial charge on any atom is 0.324 e. The highest BCUT2D eigenvalue weighted by Gasteiger charge is 2.15. The minimum Gasteiger partial charge on any atom is -0.496 e. The fourth-order valence-electron chi connectivity index (χ4n) is 3.18. The molecule has 0 radical (unpaired) electrons. The molecule has 0 aliphatic rings. The summed E-state index contributed by atoms with van der Waals surface area (Å²) >= 11 is 0. The molecule has 7 nitrogen and oxygen atoms in total. The number of nitrogens with zero attached hydrogens (tertiary/aromatic N) is 2. The Balaban J connectivity index is 1.40. The van der Waals surface area contributed by atoms with Gasteiger partial charge in [0.1, 0.15) is 18.1 Å². The summed E-state index contributed by atoms with van der Waals surface area (Å²) in [6.07, 6.45) is 0. The lowest BCUT2D eigenvalue weighted by molar-refractivity contribution is 0.262. The zero-order chi connectivity index (χ0) is 20.9. The standard InChI is InChI=1S/C23H22N4O3/c1-27-19-9-6-10-20(29-2)21(19)22(26-27)25-23(28)24-17-11-13-18(14-12-17)30-15-16-7-4-3-5-8-16/h3-14H,15H2,1-2H3,(H2,24,25,26,28). The summed E-state index contributed by atoms with van der Waals surface area (Å²) in [5, 5.41) is 10.7. The number of nitrogens with one attached hydrogen (secondary N) is 2. The summed E-state index contributed by atoms with van der Waals surface area (Å²) < 4.78 is 12.9. The predicted octanol–water partition coefficient (Wildman–Crippen LogP) is 4.80.